The zero-order chi connectivity index (χ0) is 16.2. The molecular formula is C19H19NO3. The van der Waals surface area contributed by atoms with E-state index in [1.165, 1.54) is 0 Å². The van der Waals surface area contributed by atoms with Crippen molar-refractivity contribution in [3.05, 3.63) is 58.9 Å². The summed E-state index contributed by atoms with van der Waals surface area (Å²) in [5, 5.41) is 0.613. The molecule has 0 atom stereocenters. The molecule has 0 unspecified atom stereocenters. The maximum atomic E-state index is 12.9. The van der Waals surface area contributed by atoms with Gasteiger partial charge in [-0.05, 0) is 24.6 Å². The topological polar surface area (TPSA) is 51.3 Å². The van der Waals surface area contributed by atoms with Crippen LogP contribution in [0.1, 0.15) is 13.3 Å². The van der Waals surface area contributed by atoms with E-state index >= 15 is 0 Å². The van der Waals surface area contributed by atoms with Gasteiger partial charge in [-0.3, -0.25) is 4.79 Å². The zero-order valence-electron chi connectivity index (χ0n) is 13.3. The van der Waals surface area contributed by atoms with Gasteiger partial charge in [0.2, 0.25) is 0 Å². The number of H-pyrrole nitrogens is 1. The second-order valence-corrected chi connectivity index (χ2v) is 5.26. The summed E-state index contributed by atoms with van der Waals surface area (Å²) in [7, 11) is 1.60. The van der Waals surface area contributed by atoms with Gasteiger partial charge in [-0.25, -0.2) is 0 Å². The maximum Gasteiger partial charge on any atom is 0.197 e. The first-order valence-electron chi connectivity index (χ1n) is 7.67. The fraction of sp³-hybridized carbons (Fsp3) is 0.211. The molecule has 1 heterocycles. The van der Waals surface area contributed by atoms with Crippen molar-refractivity contribution in [1.82, 2.24) is 4.98 Å². The molecule has 1 aromatic heterocycles. The summed E-state index contributed by atoms with van der Waals surface area (Å²) in [5.74, 6) is 1.38. The van der Waals surface area contributed by atoms with Gasteiger partial charge in [0, 0.05) is 22.7 Å². The third-order valence-corrected chi connectivity index (χ3v) is 3.74. The number of fused-ring (bicyclic) bond motifs is 1. The molecule has 0 saturated carbocycles. The van der Waals surface area contributed by atoms with E-state index in [-0.39, 0.29) is 5.43 Å². The van der Waals surface area contributed by atoms with Crippen LogP contribution < -0.4 is 14.9 Å². The second kappa shape index (κ2) is 6.57. The standard InChI is InChI=1S/C19H19NO3/c1-3-11-23-17-10-6-8-14-18(17)20-12-15(19(14)21)13-7-4-5-9-16(13)22-2/h4-10,12H,3,11H2,1-2H3,(H,20,21). The summed E-state index contributed by atoms with van der Waals surface area (Å²) in [5.41, 5.74) is 2.05. The van der Waals surface area contributed by atoms with Crippen molar-refractivity contribution in [2.75, 3.05) is 13.7 Å². The summed E-state index contributed by atoms with van der Waals surface area (Å²) < 4.78 is 11.1. The molecule has 3 rings (SSSR count). The van der Waals surface area contributed by atoms with Gasteiger partial charge in [-0.15, -0.1) is 0 Å². The monoisotopic (exact) mass is 309 g/mol. The summed E-state index contributed by atoms with van der Waals surface area (Å²) in [6.07, 6.45) is 2.64. The average Bonchev–Trinajstić information content (AvgIpc) is 2.60. The van der Waals surface area contributed by atoms with E-state index in [0.29, 0.717) is 29.1 Å². The molecule has 0 bridgehead atoms. The van der Waals surface area contributed by atoms with Gasteiger partial charge in [0.05, 0.1) is 19.2 Å². The number of hydrogen-bond donors (Lipinski definition) is 1. The quantitative estimate of drug-likeness (QED) is 0.775. The maximum absolute atomic E-state index is 12.9. The Morgan fingerprint density at radius 1 is 1.00 bits per heavy atom. The normalized spacial score (nSPS) is 10.7. The Labute approximate surface area is 134 Å². The molecule has 23 heavy (non-hydrogen) atoms. The third-order valence-electron chi connectivity index (χ3n) is 3.74. The van der Waals surface area contributed by atoms with Crippen molar-refractivity contribution in [3.63, 3.8) is 0 Å². The fourth-order valence-corrected chi connectivity index (χ4v) is 2.62. The molecule has 0 radical (unpaired) electrons. The predicted molar refractivity (Wildman–Crippen MR) is 92.3 cm³/mol. The van der Waals surface area contributed by atoms with Crippen molar-refractivity contribution in [1.29, 1.82) is 0 Å². The van der Waals surface area contributed by atoms with Crippen LogP contribution in [0.3, 0.4) is 0 Å². The summed E-state index contributed by atoms with van der Waals surface area (Å²) in [6.45, 7) is 2.67. The van der Waals surface area contributed by atoms with E-state index < -0.39 is 0 Å². The van der Waals surface area contributed by atoms with E-state index in [1.807, 2.05) is 49.4 Å². The Kier molecular flexibility index (Phi) is 4.33. The molecular weight excluding hydrogens is 290 g/mol. The number of rotatable bonds is 5. The van der Waals surface area contributed by atoms with E-state index in [9.17, 15) is 4.79 Å². The highest BCUT2D eigenvalue weighted by Crippen LogP contribution is 2.29. The number of pyridine rings is 1. The van der Waals surface area contributed by atoms with Gasteiger partial charge in [0.25, 0.3) is 0 Å². The minimum Gasteiger partial charge on any atom is -0.496 e. The van der Waals surface area contributed by atoms with Crippen LogP contribution in [0.15, 0.2) is 53.5 Å². The molecule has 0 fully saturated rings. The largest absolute Gasteiger partial charge is 0.496 e. The van der Waals surface area contributed by atoms with Crippen molar-refractivity contribution in [2.45, 2.75) is 13.3 Å². The lowest BCUT2D eigenvalue weighted by Crippen LogP contribution is -2.08. The zero-order valence-corrected chi connectivity index (χ0v) is 13.3. The molecule has 4 nitrogen and oxygen atoms in total. The molecule has 0 aliphatic heterocycles. The molecule has 118 valence electrons. The van der Waals surface area contributed by atoms with Crippen LogP contribution in [0.25, 0.3) is 22.0 Å². The summed E-state index contributed by atoms with van der Waals surface area (Å²) >= 11 is 0. The minimum absolute atomic E-state index is 0.0369. The average molecular weight is 309 g/mol. The van der Waals surface area contributed by atoms with E-state index in [0.717, 1.165) is 17.5 Å². The number of methoxy groups -OCH3 is 1. The number of nitrogens with one attached hydrogen (secondary N) is 1. The highest BCUT2D eigenvalue weighted by Gasteiger charge is 2.13. The first-order valence-corrected chi connectivity index (χ1v) is 7.67. The highest BCUT2D eigenvalue weighted by atomic mass is 16.5. The Morgan fingerprint density at radius 2 is 1.78 bits per heavy atom. The number of aromatic nitrogens is 1. The lowest BCUT2D eigenvalue weighted by Gasteiger charge is -2.11. The second-order valence-electron chi connectivity index (χ2n) is 5.26. The van der Waals surface area contributed by atoms with Crippen LogP contribution in [0.4, 0.5) is 0 Å². The van der Waals surface area contributed by atoms with Crippen LogP contribution in [0, 0.1) is 0 Å². The Morgan fingerprint density at radius 3 is 2.57 bits per heavy atom. The molecule has 0 aliphatic carbocycles. The van der Waals surface area contributed by atoms with Crippen LogP contribution in [-0.4, -0.2) is 18.7 Å². The van der Waals surface area contributed by atoms with Crippen LogP contribution in [0.5, 0.6) is 11.5 Å². The first kappa shape index (κ1) is 15.2. The van der Waals surface area contributed by atoms with Crippen LogP contribution >= 0.6 is 0 Å². The van der Waals surface area contributed by atoms with E-state index in [2.05, 4.69) is 4.98 Å². The molecule has 0 aliphatic rings. The van der Waals surface area contributed by atoms with Crippen molar-refractivity contribution >= 4 is 10.9 Å². The molecule has 2 aromatic carbocycles. The number of para-hydroxylation sites is 2. The number of hydrogen-bond acceptors (Lipinski definition) is 3. The van der Waals surface area contributed by atoms with Gasteiger partial charge >= 0.3 is 0 Å². The minimum atomic E-state index is -0.0369. The third kappa shape index (κ3) is 2.80. The molecule has 1 N–H and O–H groups in total. The van der Waals surface area contributed by atoms with Gasteiger partial charge in [-0.1, -0.05) is 31.2 Å². The molecule has 3 aromatic rings. The lowest BCUT2D eigenvalue weighted by atomic mass is 10.0. The van der Waals surface area contributed by atoms with Crippen molar-refractivity contribution in [2.24, 2.45) is 0 Å². The first-order chi connectivity index (χ1) is 11.3. The lowest BCUT2D eigenvalue weighted by molar-refractivity contribution is 0.320. The smallest absolute Gasteiger partial charge is 0.197 e. The Hall–Kier alpha value is -2.75. The Balaban J connectivity index is 2.18. The summed E-state index contributed by atoms with van der Waals surface area (Å²) in [4.78, 5) is 16.1. The SMILES string of the molecule is CCCOc1cccc2c(=O)c(-c3ccccc3OC)c[nH]c12. The molecule has 4 heteroatoms. The van der Waals surface area contributed by atoms with E-state index in [4.69, 9.17) is 9.47 Å². The Bertz CT molecular complexity index is 883. The van der Waals surface area contributed by atoms with Gasteiger partial charge in [-0.2, -0.15) is 0 Å². The number of benzene rings is 2. The van der Waals surface area contributed by atoms with Crippen LogP contribution in [0.2, 0.25) is 0 Å². The van der Waals surface area contributed by atoms with E-state index in [1.54, 1.807) is 13.3 Å². The summed E-state index contributed by atoms with van der Waals surface area (Å²) in [6, 6.07) is 13.0. The number of ether oxygens (including phenoxy) is 2. The molecule has 0 amide bonds. The predicted octanol–water partition coefficient (Wildman–Crippen LogP) is 3.99. The van der Waals surface area contributed by atoms with Gasteiger partial charge < -0.3 is 14.5 Å². The van der Waals surface area contributed by atoms with Crippen molar-refractivity contribution < 1.29 is 9.47 Å². The van der Waals surface area contributed by atoms with Crippen molar-refractivity contribution in [3.8, 4) is 22.6 Å². The fourth-order valence-electron chi connectivity index (χ4n) is 2.62. The molecule has 0 saturated heterocycles. The number of aromatic amines is 1. The molecule has 0 spiro atoms. The van der Waals surface area contributed by atoms with Gasteiger partial charge in [0.15, 0.2) is 5.43 Å². The van der Waals surface area contributed by atoms with Crippen LogP contribution in [-0.2, 0) is 0 Å². The highest BCUT2D eigenvalue weighted by molar-refractivity contribution is 5.88. The van der Waals surface area contributed by atoms with Gasteiger partial charge in [0.1, 0.15) is 11.5 Å².